The molecule has 2 amide bonds. The van der Waals surface area contributed by atoms with E-state index < -0.39 is 0 Å². The highest BCUT2D eigenvalue weighted by molar-refractivity contribution is 6.30. The number of carbonyl (C=O) groups is 1. The number of pyridine rings is 1. The van der Waals surface area contributed by atoms with Crippen molar-refractivity contribution < 1.29 is 9.53 Å². The summed E-state index contributed by atoms with van der Waals surface area (Å²) in [7, 11) is 0. The summed E-state index contributed by atoms with van der Waals surface area (Å²) in [5.41, 5.74) is 1.76. The number of nitrogens with zero attached hydrogens (tertiary/aromatic N) is 1. The standard InChI is InChI=1S/C22H22ClN3O3/c1-2-29-19-9-10-20-14(12-19)11-15(21(27)25-20)13-26(18-7-8-18)22(28)24-17-5-3-16(23)4-6-17/h3-6,9-12,18H,2,7-8,13H2,1H3,(H,24,28)(H,25,27). The number of aromatic amines is 1. The highest BCUT2D eigenvalue weighted by atomic mass is 35.5. The lowest BCUT2D eigenvalue weighted by molar-refractivity contribution is 0.206. The van der Waals surface area contributed by atoms with Gasteiger partial charge in [0.25, 0.3) is 5.56 Å². The van der Waals surface area contributed by atoms with Crippen LogP contribution in [-0.2, 0) is 6.54 Å². The number of halogens is 1. The topological polar surface area (TPSA) is 74.4 Å². The summed E-state index contributed by atoms with van der Waals surface area (Å²) in [6, 6.07) is 14.3. The quantitative estimate of drug-likeness (QED) is 0.613. The van der Waals surface area contributed by atoms with E-state index >= 15 is 0 Å². The van der Waals surface area contributed by atoms with Crippen LogP contribution in [-0.4, -0.2) is 28.6 Å². The number of H-pyrrole nitrogens is 1. The molecule has 0 aliphatic heterocycles. The van der Waals surface area contributed by atoms with Crippen molar-refractivity contribution in [2.75, 3.05) is 11.9 Å². The van der Waals surface area contributed by atoms with E-state index in [-0.39, 0.29) is 24.2 Å². The van der Waals surface area contributed by atoms with Crippen LogP contribution in [0.3, 0.4) is 0 Å². The SMILES string of the molecule is CCOc1ccc2[nH]c(=O)c(CN(C(=O)Nc3ccc(Cl)cc3)C3CC3)cc2c1. The molecule has 1 saturated carbocycles. The summed E-state index contributed by atoms with van der Waals surface area (Å²) in [6.07, 6.45) is 1.88. The molecular formula is C22H22ClN3O3. The van der Waals surface area contributed by atoms with Crippen molar-refractivity contribution >= 4 is 34.2 Å². The number of hydrogen-bond donors (Lipinski definition) is 2. The van der Waals surface area contributed by atoms with Crippen LogP contribution in [0.25, 0.3) is 10.9 Å². The lowest BCUT2D eigenvalue weighted by Crippen LogP contribution is -2.37. The van der Waals surface area contributed by atoms with Gasteiger partial charge in [-0.3, -0.25) is 4.79 Å². The minimum Gasteiger partial charge on any atom is -0.494 e. The summed E-state index contributed by atoms with van der Waals surface area (Å²) >= 11 is 5.90. The minimum atomic E-state index is -0.225. The molecule has 2 aromatic carbocycles. The zero-order valence-corrected chi connectivity index (χ0v) is 16.8. The molecule has 2 N–H and O–H groups in total. The predicted molar refractivity (Wildman–Crippen MR) is 115 cm³/mol. The lowest BCUT2D eigenvalue weighted by Gasteiger charge is -2.23. The Morgan fingerprint density at radius 1 is 1.21 bits per heavy atom. The smallest absolute Gasteiger partial charge is 0.322 e. The average Bonchev–Trinajstić information content (AvgIpc) is 3.53. The maximum Gasteiger partial charge on any atom is 0.322 e. The summed E-state index contributed by atoms with van der Waals surface area (Å²) in [5, 5.41) is 4.37. The van der Waals surface area contributed by atoms with Gasteiger partial charge in [0.1, 0.15) is 5.75 Å². The molecular weight excluding hydrogens is 390 g/mol. The number of hydrogen-bond acceptors (Lipinski definition) is 3. The molecule has 1 aliphatic carbocycles. The summed E-state index contributed by atoms with van der Waals surface area (Å²) in [4.78, 5) is 30.1. The number of amides is 2. The molecule has 29 heavy (non-hydrogen) atoms. The van der Waals surface area contributed by atoms with Crippen LogP contribution >= 0.6 is 11.6 Å². The fraction of sp³-hybridized carbons (Fsp3) is 0.273. The Labute approximate surface area is 173 Å². The number of nitrogens with one attached hydrogen (secondary N) is 2. The van der Waals surface area contributed by atoms with Gasteiger partial charge in [0, 0.05) is 33.2 Å². The predicted octanol–water partition coefficient (Wildman–Crippen LogP) is 4.78. The highest BCUT2D eigenvalue weighted by Crippen LogP contribution is 2.29. The third kappa shape index (κ3) is 4.54. The van der Waals surface area contributed by atoms with Gasteiger partial charge in [0.05, 0.1) is 13.2 Å². The first-order valence-corrected chi connectivity index (χ1v) is 10.0. The molecule has 1 heterocycles. The van der Waals surface area contributed by atoms with Gasteiger partial charge in [-0.1, -0.05) is 11.6 Å². The molecule has 1 aromatic heterocycles. The Morgan fingerprint density at radius 3 is 2.66 bits per heavy atom. The molecule has 4 rings (SSSR count). The Balaban J connectivity index is 1.58. The molecule has 0 saturated heterocycles. The third-order valence-corrected chi connectivity index (χ3v) is 5.14. The molecule has 6 nitrogen and oxygen atoms in total. The number of benzene rings is 2. The second kappa shape index (κ2) is 8.17. The number of fused-ring (bicyclic) bond motifs is 1. The average molecular weight is 412 g/mol. The minimum absolute atomic E-state index is 0.146. The third-order valence-electron chi connectivity index (χ3n) is 4.89. The van der Waals surface area contributed by atoms with E-state index in [4.69, 9.17) is 16.3 Å². The molecule has 150 valence electrons. The van der Waals surface area contributed by atoms with Crippen molar-refractivity contribution in [3.63, 3.8) is 0 Å². The highest BCUT2D eigenvalue weighted by Gasteiger charge is 2.33. The van der Waals surface area contributed by atoms with Gasteiger partial charge in [0.15, 0.2) is 0 Å². The molecule has 0 unspecified atom stereocenters. The number of rotatable bonds is 6. The number of ether oxygens (including phenoxy) is 1. The van der Waals surface area contributed by atoms with Crippen molar-refractivity contribution in [1.82, 2.24) is 9.88 Å². The molecule has 0 spiro atoms. The van der Waals surface area contributed by atoms with Crippen molar-refractivity contribution in [2.45, 2.75) is 32.4 Å². The molecule has 1 fully saturated rings. The normalized spacial score (nSPS) is 13.3. The summed E-state index contributed by atoms with van der Waals surface area (Å²) < 4.78 is 5.55. The van der Waals surface area contributed by atoms with Gasteiger partial charge < -0.3 is 19.9 Å². The van der Waals surface area contributed by atoms with E-state index in [0.29, 0.717) is 22.9 Å². The van der Waals surface area contributed by atoms with Crippen LogP contribution in [0.2, 0.25) is 5.02 Å². The van der Waals surface area contributed by atoms with E-state index in [0.717, 1.165) is 29.5 Å². The number of aromatic nitrogens is 1. The van der Waals surface area contributed by atoms with Crippen LogP contribution in [0, 0.1) is 0 Å². The molecule has 3 aromatic rings. The van der Waals surface area contributed by atoms with E-state index in [9.17, 15) is 9.59 Å². The Morgan fingerprint density at radius 2 is 1.97 bits per heavy atom. The maximum atomic E-state index is 12.8. The Hall–Kier alpha value is -2.99. The van der Waals surface area contributed by atoms with Crippen LogP contribution < -0.4 is 15.6 Å². The molecule has 0 radical (unpaired) electrons. The Bertz CT molecular complexity index is 1090. The first kappa shape index (κ1) is 19.3. The van der Waals surface area contributed by atoms with Crippen molar-refractivity contribution in [3.8, 4) is 5.75 Å². The van der Waals surface area contributed by atoms with Gasteiger partial charge in [-0.15, -0.1) is 0 Å². The van der Waals surface area contributed by atoms with Gasteiger partial charge in [-0.2, -0.15) is 0 Å². The summed E-state index contributed by atoms with van der Waals surface area (Å²) in [6.45, 7) is 2.74. The molecule has 0 atom stereocenters. The van der Waals surface area contributed by atoms with Crippen LogP contribution in [0.15, 0.2) is 53.3 Å². The van der Waals surface area contributed by atoms with Crippen LogP contribution in [0.4, 0.5) is 10.5 Å². The fourth-order valence-corrected chi connectivity index (χ4v) is 3.39. The number of urea groups is 1. The van der Waals surface area contributed by atoms with E-state index in [1.165, 1.54) is 0 Å². The second-order valence-electron chi connectivity index (χ2n) is 7.10. The van der Waals surface area contributed by atoms with Crippen molar-refractivity contribution in [2.24, 2.45) is 0 Å². The zero-order chi connectivity index (χ0) is 20.4. The van der Waals surface area contributed by atoms with E-state index in [1.807, 2.05) is 31.2 Å². The molecule has 1 aliphatic rings. The fourth-order valence-electron chi connectivity index (χ4n) is 3.27. The largest absolute Gasteiger partial charge is 0.494 e. The first-order valence-electron chi connectivity index (χ1n) is 9.65. The van der Waals surface area contributed by atoms with Gasteiger partial charge >= 0.3 is 6.03 Å². The van der Waals surface area contributed by atoms with E-state index in [2.05, 4.69) is 10.3 Å². The first-order chi connectivity index (χ1) is 14.0. The lowest BCUT2D eigenvalue weighted by atomic mass is 10.1. The van der Waals surface area contributed by atoms with Crippen LogP contribution in [0.5, 0.6) is 5.75 Å². The Kier molecular flexibility index (Phi) is 5.45. The maximum absolute atomic E-state index is 12.8. The molecule has 7 heteroatoms. The van der Waals surface area contributed by atoms with Crippen molar-refractivity contribution in [1.29, 1.82) is 0 Å². The molecule has 0 bridgehead atoms. The second-order valence-corrected chi connectivity index (χ2v) is 7.54. The van der Waals surface area contributed by atoms with Crippen LogP contribution in [0.1, 0.15) is 25.3 Å². The number of anilines is 1. The van der Waals surface area contributed by atoms with E-state index in [1.54, 1.807) is 29.2 Å². The number of carbonyl (C=O) groups excluding carboxylic acids is 1. The van der Waals surface area contributed by atoms with Gasteiger partial charge in [-0.05, 0) is 68.3 Å². The van der Waals surface area contributed by atoms with Gasteiger partial charge in [0.2, 0.25) is 0 Å². The monoisotopic (exact) mass is 411 g/mol. The van der Waals surface area contributed by atoms with Crippen molar-refractivity contribution in [3.05, 3.63) is 69.5 Å². The van der Waals surface area contributed by atoms with Gasteiger partial charge in [-0.25, -0.2) is 4.79 Å². The zero-order valence-electron chi connectivity index (χ0n) is 16.1. The summed E-state index contributed by atoms with van der Waals surface area (Å²) in [5.74, 6) is 0.748.